The highest BCUT2D eigenvalue weighted by molar-refractivity contribution is 5.91. The van der Waals surface area contributed by atoms with Gasteiger partial charge in [0.05, 0.1) is 11.7 Å². The summed E-state index contributed by atoms with van der Waals surface area (Å²) in [5, 5.41) is 12.1. The predicted octanol–water partition coefficient (Wildman–Crippen LogP) is 2.99. The van der Waals surface area contributed by atoms with Crippen molar-refractivity contribution in [3.63, 3.8) is 0 Å². The minimum Gasteiger partial charge on any atom is -0.453 e. The fourth-order valence-corrected chi connectivity index (χ4v) is 4.18. The molecule has 1 aliphatic heterocycles. The van der Waals surface area contributed by atoms with Crippen molar-refractivity contribution in [2.24, 2.45) is 5.92 Å². The van der Waals surface area contributed by atoms with Gasteiger partial charge in [0.1, 0.15) is 18.2 Å². The molecule has 0 fully saturated rings. The number of hydrogen-bond acceptors (Lipinski definition) is 7. The second-order valence-corrected chi connectivity index (χ2v) is 8.83. The normalized spacial score (nSPS) is 15.3. The van der Waals surface area contributed by atoms with Gasteiger partial charge in [0.2, 0.25) is 0 Å². The molecule has 3 aromatic rings. The van der Waals surface area contributed by atoms with E-state index in [0.29, 0.717) is 18.3 Å². The first-order valence-corrected chi connectivity index (χ1v) is 11.5. The Balaban J connectivity index is 1.48. The van der Waals surface area contributed by atoms with Gasteiger partial charge in [-0.25, -0.2) is 0 Å². The third-order valence-electron chi connectivity index (χ3n) is 5.76. The molecular weight excluding hydrogens is 420 g/mol. The van der Waals surface area contributed by atoms with E-state index in [0.717, 1.165) is 56.4 Å². The van der Waals surface area contributed by atoms with E-state index < -0.39 is 0 Å². The van der Waals surface area contributed by atoms with Gasteiger partial charge in [-0.1, -0.05) is 19.9 Å². The van der Waals surface area contributed by atoms with E-state index in [4.69, 9.17) is 9.15 Å². The Hall–Kier alpha value is -3.04. The van der Waals surface area contributed by atoms with Crippen LogP contribution in [0.5, 0.6) is 0 Å². The number of methoxy groups -OCH3 is 1. The highest BCUT2D eigenvalue weighted by Crippen LogP contribution is 2.23. The number of nitrogens with one attached hydrogen (secondary N) is 1. The van der Waals surface area contributed by atoms with Gasteiger partial charge < -0.3 is 19.0 Å². The number of rotatable bonds is 9. The fourth-order valence-electron chi connectivity index (χ4n) is 4.18. The molecule has 0 spiro atoms. The number of fused-ring (bicyclic) bond motifs is 1. The van der Waals surface area contributed by atoms with E-state index >= 15 is 0 Å². The third kappa shape index (κ3) is 5.85. The second kappa shape index (κ2) is 10.7. The minimum absolute atomic E-state index is 0.253. The van der Waals surface area contributed by atoms with Crippen molar-refractivity contribution in [2.75, 3.05) is 20.2 Å². The summed E-state index contributed by atoms with van der Waals surface area (Å²) in [6.45, 7) is 7.94. The zero-order chi connectivity index (χ0) is 23.2. The van der Waals surface area contributed by atoms with E-state index in [9.17, 15) is 4.79 Å². The molecule has 0 saturated carbocycles. The van der Waals surface area contributed by atoms with Crippen LogP contribution in [0.1, 0.15) is 60.0 Å². The topological polar surface area (TPSA) is 98.3 Å². The Labute approximate surface area is 194 Å². The lowest BCUT2D eigenvalue weighted by atomic mass is 10.0. The van der Waals surface area contributed by atoms with Crippen LogP contribution in [-0.4, -0.2) is 50.8 Å². The molecule has 0 aliphatic carbocycles. The van der Waals surface area contributed by atoms with Crippen LogP contribution in [0.25, 0.3) is 0 Å². The van der Waals surface area contributed by atoms with Crippen molar-refractivity contribution in [1.29, 1.82) is 0 Å². The molecule has 0 bridgehead atoms. The van der Waals surface area contributed by atoms with Crippen molar-refractivity contribution in [1.82, 2.24) is 30.0 Å². The molecule has 4 heterocycles. The number of ether oxygens (including phenoxy) is 1. The van der Waals surface area contributed by atoms with Crippen LogP contribution in [0.2, 0.25) is 0 Å². The smallest absolute Gasteiger partial charge is 0.287 e. The van der Waals surface area contributed by atoms with E-state index in [-0.39, 0.29) is 17.7 Å². The van der Waals surface area contributed by atoms with Crippen molar-refractivity contribution >= 4 is 5.91 Å². The minimum atomic E-state index is -0.259. The average Bonchev–Trinajstić information content (AvgIpc) is 3.38. The summed E-state index contributed by atoms with van der Waals surface area (Å²) >= 11 is 0. The van der Waals surface area contributed by atoms with Crippen LogP contribution < -0.4 is 5.32 Å². The summed E-state index contributed by atoms with van der Waals surface area (Å²) < 4.78 is 12.9. The number of carbonyl (C=O) groups excluding carboxylic acids is 1. The molecule has 0 unspecified atom stereocenters. The monoisotopic (exact) mass is 452 g/mol. The molecule has 9 heteroatoms. The molecule has 1 aliphatic rings. The zero-order valence-electron chi connectivity index (χ0n) is 19.5. The molecular formula is C24H32N6O3. The first-order valence-electron chi connectivity index (χ1n) is 11.5. The van der Waals surface area contributed by atoms with Crippen LogP contribution in [0.3, 0.4) is 0 Å². The van der Waals surface area contributed by atoms with Gasteiger partial charge in [-0.2, -0.15) is 0 Å². The highest BCUT2D eigenvalue weighted by Gasteiger charge is 2.27. The molecule has 4 rings (SSSR count). The Morgan fingerprint density at radius 3 is 2.82 bits per heavy atom. The van der Waals surface area contributed by atoms with Crippen molar-refractivity contribution in [3.05, 3.63) is 65.4 Å². The number of nitrogens with zero attached hydrogens (tertiary/aromatic N) is 5. The Kier molecular flexibility index (Phi) is 7.51. The van der Waals surface area contributed by atoms with Gasteiger partial charge in [0.25, 0.3) is 5.91 Å². The lowest BCUT2D eigenvalue weighted by Gasteiger charge is -2.22. The number of furan rings is 1. The van der Waals surface area contributed by atoms with Gasteiger partial charge in [-0.15, -0.1) is 10.2 Å². The van der Waals surface area contributed by atoms with Crippen molar-refractivity contribution < 1.29 is 13.9 Å². The van der Waals surface area contributed by atoms with Gasteiger partial charge in [-0.05, 0) is 36.6 Å². The Bertz CT molecular complexity index is 1050. The van der Waals surface area contributed by atoms with Gasteiger partial charge in [0, 0.05) is 45.9 Å². The summed E-state index contributed by atoms with van der Waals surface area (Å²) in [6.07, 6.45) is 3.39. The van der Waals surface area contributed by atoms with E-state index in [1.54, 1.807) is 19.2 Å². The fraction of sp³-hybridized carbons (Fsp3) is 0.500. The maximum atomic E-state index is 12.9. The zero-order valence-corrected chi connectivity index (χ0v) is 19.5. The molecule has 1 atom stereocenters. The standard InChI is InChI=1S/C24H32N6O3/c1-17(2)14-20(26-24(31)21-8-7-19(33-21)16-32-3)23-28-27-22-9-11-29(12-13-30(22)23)15-18-6-4-5-10-25-18/h4-8,10,17,20H,9,11-16H2,1-3H3,(H,26,31)/t20-/m1/s1. The first kappa shape index (κ1) is 23.1. The van der Waals surface area contributed by atoms with Crippen molar-refractivity contribution in [3.8, 4) is 0 Å². The molecule has 176 valence electrons. The lowest BCUT2D eigenvalue weighted by Crippen LogP contribution is -2.32. The molecule has 9 nitrogen and oxygen atoms in total. The van der Waals surface area contributed by atoms with Gasteiger partial charge in [-0.3, -0.25) is 14.7 Å². The molecule has 1 amide bonds. The van der Waals surface area contributed by atoms with Crippen LogP contribution in [0.4, 0.5) is 0 Å². The van der Waals surface area contributed by atoms with Gasteiger partial charge in [0.15, 0.2) is 11.6 Å². The number of aromatic nitrogens is 4. The summed E-state index contributed by atoms with van der Waals surface area (Å²) in [5.41, 5.74) is 1.06. The van der Waals surface area contributed by atoms with Crippen LogP contribution >= 0.6 is 0 Å². The summed E-state index contributed by atoms with van der Waals surface area (Å²) in [7, 11) is 1.59. The summed E-state index contributed by atoms with van der Waals surface area (Å²) in [4.78, 5) is 19.8. The summed E-state index contributed by atoms with van der Waals surface area (Å²) in [5.74, 6) is 2.76. The number of amides is 1. The quantitative estimate of drug-likeness (QED) is 0.533. The SMILES string of the molecule is COCc1ccc(C(=O)N[C@H](CC(C)C)c2nnc3n2CCN(Cc2ccccn2)CC3)o1. The molecule has 0 aromatic carbocycles. The number of carbonyl (C=O) groups is 1. The number of hydrogen-bond donors (Lipinski definition) is 1. The Morgan fingerprint density at radius 1 is 1.18 bits per heavy atom. The van der Waals surface area contributed by atoms with Gasteiger partial charge >= 0.3 is 0 Å². The Morgan fingerprint density at radius 2 is 2.06 bits per heavy atom. The van der Waals surface area contributed by atoms with E-state index in [2.05, 4.69) is 49.9 Å². The first-order chi connectivity index (χ1) is 16.0. The number of pyridine rings is 1. The van der Waals surface area contributed by atoms with Crippen LogP contribution in [-0.2, 0) is 30.9 Å². The summed E-state index contributed by atoms with van der Waals surface area (Å²) in [6, 6.07) is 9.19. The maximum Gasteiger partial charge on any atom is 0.287 e. The van der Waals surface area contributed by atoms with Crippen LogP contribution in [0, 0.1) is 5.92 Å². The van der Waals surface area contributed by atoms with E-state index in [1.807, 2.05) is 18.3 Å². The molecule has 1 N–H and O–H groups in total. The second-order valence-electron chi connectivity index (χ2n) is 8.83. The largest absolute Gasteiger partial charge is 0.453 e. The third-order valence-corrected chi connectivity index (χ3v) is 5.76. The maximum absolute atomic E-state index is 12.9. The molecule has 33 heavy (non-hydrogen) atoms. The van der Waals surface area contributed by atoms with Crippen molar-refractivity contribution in [2.45, 2.75) is 52.4 Å². The average molecular weight is 453 g/mol. The molecule has 0 radical (unpaired) electrons. The predicted molar refractivity (Wildman–Crippen MR) is 122 cm³/mol. The van der Waals surface area contributed by atoms with Crippen LogP contribution in [0.15, 0.2) is 40.9 Å². The highest BCUT2D eigenvalue weighted by atomic mass is 16.5. The lowest BCUT2D eigenvalue weighted by molar-refractivity contribution is 0.0892. The molecule has 0 saturated heterocycles. The molecule has 3 aromatic heterocycles. The van der Waals surface area contributed by atoms with E-state index in [1.165, 1.54) is 0 Å².